The molecular formula is C38H40N4O5S. The molecule has 9 nitrogen and oxygen atoms in total. The van der Waals surface area contributed by atoms with Gasteiger partial charge in [-0.15, -0.1) is 11.3 Å². The molecule has 7 rings (SSSR count). The molecule has 5 aromatic rings. The molecule has 248 valence electrons. The first-order valence-electron chi connectivity index (χ1n) is 16.2. The summed E-state index contributed by atoms with van der Waals surface area (Å²) in [5.74, 6) is 3.09. The molecule has 2 aliphatic rings. The zero-order valence-electron chi connectivity index (χ0n) is 27.8. The van der Waals surface area contributed by atoms with Crippen molar-refractivity contribution in [2.24, 2.45) is 5.16 Å². The molecule has 0 spiro atoms. The van der Waals surface area contributed by atoms with Crippen molar-refractivity contribution >= 4 is 27.3 Å². The Labute approximate surface area is 285 Å². The molecule has 1 aromatic heterocycles. The predicted octanol–water partition coefficient (Wildman–Crippen LogP) is 7.45. The molecule has 1 fully saturated rings. The van der Waals surface area contributed by atoms with Crippen molar-refractivity contribution in [3.05, 3.63) is 101 Å². The van der Waals surface area contributed by atoms with E-state index in [0.717, 1.165) is 81.7 Å². The Morgan fingerprint density at radius 1 is 0.771 bits per heavy atom. The zero-order chi connectivity index (χ0) is 33.0. The van der Waals surface area contributed by atoms with Gasteiger partial charge in [0.1, 0.15) is 30.0 Å². The number of rotatable bonds is 11. The summed E-state index contributed by atoms with van der Waals surface area (Å²) in [5, 5.41) is 5.44. The number of ether oxygens (including phenoxy) is 4. The Balaban J connectivity index is 0.907. The maximum atomic E-state index is 6.32. The fourth-order valence-corrected chi connectivity index (χ4v) is 6.99. The van der Waals surface area contributed by atoms with E-state index < -0.39 is 0 Å². The van der Waals surface area contributed by atoms with Crippen LogP contribution in [0.4, 0.5) is 0 Å². The lowest BCUT2D eigenvalue weighted by molar-refractivity contribution is 0.0323. The van der Waals surface area contributed by atoms with Crippen molar-refractivity contribution in [1.82, 2.24) is 14.8 Å². The maximum Gasteiger partial charge on any atom is 0.163 e. The van der Waals surface area contributed by atoms with E-state index in [4.69, 9.17) is 28.8 Å². The molecule has 0 bridgehead atoms. The molecule has 2 aliphatic heterocycles. The summed E-state index contributed by atoms with van der Waals surface area (Å²) in [6.45, 7) is 8.67. The van der Waals surface area contributed by atoms with Gasteiger partial charge in [-0.05, 0) is 79.1 Å². The summed E-state index contributed by atoms with van der Waals surface area (Å²) in [5.41, 5.74) is 7.31. The molecule has 1 atom stereocenters. The average Bonchev–Trinajstić information content (AvgIpc) is 3.80. The van der Waals surface area contributed by atoms with E-state index in [-0.39, 0.29) is 6.10 Å². The van der Waals surface area contributed by atoms with E-state index >= 15 is 0 Å². The Kier molecular flexibility index (Phi) is 9.47. The van der Waals surface area contributed by atoms with Crippen LogP contribution in [0.3, 0.4) is 0 Å². The predicted molar refractivity (Wildman–Crippen MR) is 190 cm³/mol. The third-order valence-corrected chi connectivity index (χ3v) is 10.1. The number of aromatic nitrogens is 1. The van der Waals surface area contributed by atoms with Crippen LogP contribution in [-0.2, 0) is 4.84 Å². The van der Waals surface area contributed by atoms with Crippen LogP contribution < -0.4 is 18.9 Å². The summed E-state index contributed by atoms with van der Waals surface area (Å²) >= 11 is 1.70. The first kappa shape index (κ1) is 31.9. The first-order chi connectivity index (χ1) is 23.5. The number of methoxy groups -OCH3 is 2. The van der Waals surface area contributed by atoms with Crippen LogP contribution in [0.5, 0.6) is 23.0 Å². The van der Waals surface area contributed by atoms with E-state index in [1.54, 1.807) is 25.6 Å². The normalized spacial score (nSPS) is 16.8. The first-order valence-corrected chi connectivity index (χ1v) is 17.0. The molecule has 3 heterocycles. The van der Waals surface area contributed by atoms with E-state index in [2.05, 4.69) is 59.1 Å². The van der Waals surface area contributed by atoms with Gasteiger partial charge in [0.15, 0.2) is 17.6 Å². The van der Waals surface area contributed by atoms with Crippen molar-refractivity contribution in [2.45, 2.75) is 26.4 Å². The van der Waals surface area contributed by atoms with Crippen molar-refractivity contribution in [2.75, 3.05) is 53.9 Å². The molecule has 4 aromatic carbocycles. The quantitative estimate of drug-likeness (QED) is 0.144. The van der Waals surface area contributed by atoms with E-state index in [0.29, 0.717) is 31.4 Å². The molecule has 0 saturated carbocycles. The lowest BCUT2D eigenvalue weighted by Gasteiger charge is -2.34. The molecular weight excluding hydrogens is 625 g/mol. The second kappa shape index (κ2) is 14.2. The van der Waals surface area contributed by atoms with Gasteiger partial charge in [-0.3, -0.25) is 9.80 Å². The summed E-state index contributed by atoms with van der Waals surface area (Å²) < 4.78 is 24.9. The second-order valence-corrected chi connectivity index (χ2v) is 13.2. The van der Waals surface area contributed by atoms with Gasteiger partial charge in [0.2, 0.25) is 0 Å². The largest absolute Gasteiger partial charge is 0.496 e. The SMILES string of the molecule is COc1ccc(C2CC(c3cc(C)c(C)c(OC)c3)=NO2)cc1OCN1CCN(COc2cccc(-c3nc4ccccc4s3)c2)CC1. The number of hydrogen-bond acceptors (Lipinski definition) is 10. The highest BCUT2D eigenvalue weighted by atomic mass is 32.1. The summed E-state index contributed by atoms with van der Waals surface area (Å²) in [7, 11) is 3.36. The van der Waals surface area contributed by atoms with Crippen LogP contribution in [-0.4, -0.2) is 74.4 Å². The molecule has 0 aliphatic carbocycles. The number of aryl methyl sites for hydroxylation is 1. The fourth-order valence-electron chi connectivity index (χ4n) is 6.03. The van der Waals surface area contributed by atoms with Gasteiger partial charge in [-0.25, -0.2) is 4.98 Å². The Morgan fingerprint density at radius 3 is 2.31 bits per heavy atom. The maximum absolute atomic E-state index is 6.32. The van der Waals surface area contributed by atoms with Crippen molar-refractivity contribution in [3.8, 4) is 33.6 Å². The number of benzene rings is 4. The molecule has 48 heavy (non-hydrogen) atoms. The summed E-state index contributed by atoms with van der Waals surface area (Å²) in [6.07, 6.45) is 0.458. The van der Waals surface area contributed by atoms with Gasteiger partial charge in [-0.1, -0.05) is 35.5 Å². The van der Waals surface area contributed by atoms with Gasteiger partial charge in [0.25, 0.3) is 0 Å². The average molecular weight is 665 g/mol. The van der Waals surface area contributed by atoms with E-state index in [1.807, 2.05) is 48.5 Å². The van der Waals surface area contributed by atoms with Crippen LogP contribution >= 0.6 is 11.3 Å². The summed E-state index contributed by atoms with van der Waals surface area (Å²) in [6, 6.07) is 26.6. The molecule has 1 unspecified atom stereocenters. The Morgan fingerprint density at radius 2 is 1.54 bits per heavy atom. The number of para-hydroxylation sites is 1. The number of oxime groups is 1. The molecule has 0 N–H and O–H groups in total. The van der Waals surface area contributed by atoms with Crippen molar-refractivity contribution in [1.29, 1.82) is 0 Å². The molecule has 1 saturated heterocycles. The number of hydrogen-bond donors (Lipinski definition) is 0. The van der Waals surface area contributed by atoms with Crippen LogP contribution in [0.15, 0.2) is 84.0 Å². The van der Waals surface area contributed by atoms with Crippen LogP contribution in [0.2, 0.25) is 0 Å². The zero-order valence-corrected chi connectivity index (χ0v) is 28.6. The van der Waals surface area contributed by atoms with E-state index in [9.17, 15) is 0 Å². The molecule has 0 amide bonds. The third kappa shape index (κ3) is 6.96. The Bertz CT molecular complexity index is 1900. The van der Waals surface area contributed by atoms with Gasteiger partial charge in [0, 0.05) is 43.7 Å². The van der Waals surface area contributed by atoms with Gasteiger partial charge < -0.3 is 23.8 Å². The smallest absolute Gasteiger partial charge is 0.163 e. The minimum absolute atomic E-state index is 0.202. The lowest BCUT2D eigenvalue weighted by atomic mass is 9.97. The number of fused-ring (bicyclic) bond motifs is 1. The molecule has 0 radical (unpaired) electrons. The van der Waals surface area contributed by atoms with Crippen LogP contribution in [0.25, 0.3) is 20.8 Å². The third-order valence-electron chi connectivity index (χ3n) is 9.06. The highest BCUT2D eigenvalue weighted by Crippen LogP contribution is 2.37. The van der Waals surface area contributed by atoms with Crippen molar-refractivity contribution < 1.29 is 23.8 Å². The number of nitrogens with zero attached hydrogens (tertiary/aromatic N) is 4. The minimum Gasteiger partial charge on any atom is -0.496 e. The highest BCUT2D eigenvalue weighted by Gasteiger charge is 2.26. The number of piperazine rings is 1. The Hall–Kier alpha value is -4.64. The summed E-state index contributed by atoms with van der Waals surface area (Å²) in [4.78, 5) is 15.3. The minimum atomic E-state index is -0.202. The van der Waals surface area contributed by atoms with Crippen LogP contribution in [0.1, 0.15) is 34.8 Å². The van der Waals surface area contributed by atoms with E-state index in [1.165, 1.54) is 4.70 Å². The van der Waals surface area contributed by atoms with Crippen molar-refractivity contribution in [3.63, 3.8) is 0 Å². The fraction of sp³-hybridized carbons (Fsp3) is 0.316. The monoisotopic (exact) mass is 664 g/mol. The lowest BCUT2D eigenvalue weighted by Crippen LogP contribution is -2.48. The topological polar surface area (TPSA) is 77.9 Å². The number of thiazole rings is 1. The molecule has 10 heteroatoms. The van der Waals surface area contributed by atoms with Crippen LogP contribution in [0, 0.1) is 13.8 Å². The van der Waals surface area contributed by atoms with Gasteiger partial charge in [-0.2, -0.15) is 0 Å². The second-order valence-electron chi connectivity index (χ2n) is 12.2. The van der Waals surface area contributed by atoms with Gasteiger partial charge in [0.05, 0.1) is 30.1 Å². The standard InChI is InChI=1S/C38H40N4O5S/c1-25-18-29(21-34(44-4)26(25)2)32-22-35(47-40-32)27-12-13-33(43-3)36(20-27)46-24-42-16-14-41(15-17-42)23-45-30-9-7-8-28(19-30)38-39-31-10-5-6-11-37(31)48-38/h5-13,18-21,35H,14-17,22-24H2,1-4H3. The highest BCUT2D eigenvalue weighted by molar-refractivity contribution is 7.21. The van der Waals surface area contributed by atoms with Gasteiger partial charge >= 0.3 is 0 Å².